The molecule has 0 amide bonds. The summed E-state index contributed by atoms with van der Waals surface area (Å²) < 4.78 is 0. The van der Waals surface area contributed by atoms with E-state index in [4.69, 9.17) is 5.11 Å². The normalized spacial score (nSPS) is 19.2. The van der Waals surface area contributed by atoms with Crippen molar-refractivity contribution in [2.75, 3.05) is 0 Å². The number of aliphatic carboxylic acids is 1. The van der Waals surface area contributed by atoms with Crippen molar-refractivity contribution in [2.24, 2.45) is 0 Å². The maximum absolute atomic E-state index is 11.2. The van der Waals surface area contributed by atoms with Gasteiger partial charge in [-0.1, -0.05) is 0 Å². The third-order valence-corrected chi connectivity index (χ3v) is 2.69. The first-order valence-corrected chi connectivity index (χ1v) is 5.09. The number of hydrogen-bond donors (Lipinski definition) is 3. The van der Waals surface area contributed by atoms with Crippen LogP contribution in [0.3, 0.4) is 0 Å². The van der Waals surface area contributed by atoms with E-state index in [0.29, 0.717) is 24.1 Å². The second-order valence-electron chi connectivity index (χ2n) is 3.86. The Labute approximate surface area is 91.0 Å². The number of H-pyrrole nitrogens is 1. The number of carboxylic acids is 1. The van der Waals surface area contributed by atoms with Crippen molar-refractivity contribution in [1.29, 1.82) is 0 Å². The fraction of sp³-hybridized carbons (Fsp3) is 0.500. The summed E-state index contributed by atoms with van der Waals surface area (Å²) in [5.74, 6) is -1.06. The molecule has 1 unspecified atom stereocenters. The second kappa shape index (κ2) is 4.05. The number of aliphatic hydroxyl groups excluding tert-OH is 1. The Hall–Kier alpha value is -1.69. The van der Waals surface area contributed by atoms with Gasteiger partial charge in [-0.3, -0.25) is 4.79 Å². The number of carboxylic acid groups (broad SMARTS) is 1. The molecular formula is C10H12N2O4. The van der Waals surface area contributed by atoms with Gasteiger partial charge in [-0.05, 0) is 19.3 Å². The van der Waals surface area contributed by atoms with Gasteiger partial charge in [-0.2, -0.15) is 4.98 Å². The van der Waals surface area contributed by atoms with E-state index >= 15 is 0 Å². The summed E-state index contributed by atoms with van der Waals surface area (Å²) in [6.45, 7) is 0. The Morgan fingerprint density at radius 3 is 3.00 bits per heavy atom. The van der Waals surface area contributed by atoms with Crippen LogP contribution in [-0.2, 0) is 17.6 Å². The highest BCUT2D eigenvalue weighted by Gasteiger charge is 2.24. The minimum absolute atomic E-state index is 0.179. The molecule has 1 heterocycles. The Bertz CT molecular complexity index is 480. The highest BCUT2D eigenvalue weighted by molar-refractivity contribution is 5.70. The largest absolute Gasteiger partial charge is 0.481 e. The molecule has 1 aliphatic rings. The zero-order valence-electron chi connectivity index (χ0n) is 8.56. The predicted octanol–water partition coefficient (Wildman–Crippen LogP) is -0.233. The van der Waals surface area contributed by atoms with Crippen LogP contribution in [0.4, 0.5) is 0 Å². The van der Waals surface area contributed by atoms with E-state index in [9.17, 15) is 14.7 Å². The maximum atomic E-state index is 11.2. The third kappa shape index (κ3) is 1.96. The van der Waals surface area contributed by atoms with Gasteiger partial charge >= 0.3 is 11.7 Å². The number of aromatic nitrogens is 2. The average Bonchev–Trinajstić information content (AvgIpc) is 2.15. The first kappa shape index (κ1) is 10.8. The highest BCUT2D eigenvalue weighted by atomic mass is 16.4. The van der Waals surface area contributed by atoms with Gasteiger partial charge < -0.3 is 15.2 Å². The van der Waals surface area contributed by atoms with Gasteiger partial charge in [0.1, 0.15) is 0 Å². The predicted molar refractivity (Wildman–Crippen MR) is 54.1 cm³/mol. The lowest BCUT2D eigenvalue weighted by Crippen LogP contribution is -2.25. The van der Waals surface area contributed by atoms with Crippen LogP contribution in [0.25, 0.3) is 0 Å². The van der Waals surface area contributed by atoms with Gasteiger partial charge in [-0.25, -0.2) is 4.79 Å². The van der Waals surface area contributed by atoms with Crippen LogP contribution in [-0.4, -0.2) is 26.2 Å². The summed E-state index contributed by atoms with van der Waals surface area (Å²) in [4.78, 5) is 28.0. The molecule has 16 heavy (non-hydrogen) atoms. The van der Waals surface area contributed by atoms with Gasteiger partial charge in [0.2, 0.25) is 0 Å². The van der Waals surface area contributed by atoms with Crippen molar-refractivity contribution in [3.05, 3.63) is 27.4 Å². The number of aromatic amines is 1. The molecule has 0 saturated heterocycles. The van der Waals surface area contributed by atoms with Gasteiger partial charge in [0.25, 0.3) is 0 Å². The molecule has 0 saturated carbocycles. The molecule has 0 bridgehead atoms. The van der Waals surface area contributed by atoms with Crippen molar-refractivity contribution in [2.45, 2.75) is 31.8 Å². The molecule has 0 fully saturated rings. The Morgan fingerprint density at radius 1 is 1.56 bits per heavy atom. The molecule has 0 aromatic carbocycles. The van der Waals surface area contributed by atoms with Gasteiger partial charge in [0.15, 0.2) is 0 Å². The monoisotopic (exact) mass is 224 g/mol. The fourth-order valence-electron chi connectivity index (χ4n) is 2.07. The van der Waals surface area contributed by atoms with Crippen LogP contribution in [0.1, 0.15) is 35.9 Å². The number of rotatable bonds is 2. The smallest absolute Gasteiger partial charge is 0.345 e. The third-order valence-electron chi connectivity index (χ3n) is 2.69. The topological polar surface area (TPSA) is 103 Å². The van der Waals surface area contributed by atoms with Crippen molar-refractivity contribution in [3.8, 4) is 0 Å². The molecule has 6 heteroatoms. The standard InChI is InChI=1S/C10H12N2O4/c13-7-3-1-2-5-9(7)6(4-8(14)15)12-10(16)11-5/h7,13H,1-4H2,(H,14,15)(H,11,12,16). The SMILES string of the molecule is O=C(O)Cc1nc(=O)[nH]c2c1C(O)CCC2. The summed E-state index contributed by atoms with van der Waals surface area (Å²) in [7, 11) is 0. The van der Waals surface area contributed by atoms with E-state index in [1.54, 1.807) is 0 Å². The van der Waals surface area contributed by atoms with E-state index in [2.05, 4.69) is 9.97 Å². The zero-order chi connectivity index (χ0) is 11.7. The minimum Gasteiger partial charge on any atom is -0.481 e. The summed E-state index contributed by atoms with van der Waals surface area (Å²) in [6, 6.07) is 0. The van der Waals surface area contributed by atoms with Crippen molar-refractivity contribution < 1.29 is 15.0 Å². The minimum atomic E-state index is -1.06. The number of hydrogen-bond acceptors (Lipinski definition) is 4. The maximum Gasteiger partial charge on any atom is 0.345 e. The molecule has 2 rings (SSSR count). The number of nitrogens with one attached hydrogen (secondary N) is 1. The summed E-state index contributed by atoms with van der Waals surface area (Å²) in [5, 5.41) is 18.5. The van der Waals surface area contributed by atoms with Crippen LogP contribution in [0.2, 0.25) is 0 Å². The van der Waals surface area contributed by atoms with E-state index in [1.807, 2.05) is 0 Å². The molecule has 1 aromatic rings. The Morgan fingerprint density at radius 2 is 2.31 bits per heavy atom. The molecule has 0 spiro atoms. The lowest BCUT2D eigenvalue weighted by Gasteiger charge is -2.22. The number of aliphatic hydroxyl groups is 1. The first-order valence-electron chi connectivity index (χ1n) is 5.09. The van der Waals surface area contributed by atoms with Crippen molar-refractivity contribution in [3.63, 3.8) is 0 Å². The number of fused-ring (bicyclic) bond motifs is 1. The number of aryl methyl sites for hydroxylation is 1. The van der Waals surface area contributed by atoms with E-state index in [-0.39, 0.29) is 12.1 Å². The first-order chi connectivity index (χ1) is 7.58. The van der Waals surface area contributed by atoms with Crippen LogP contribution in [0, 0.1) is 0 Å². The van der Waals surface area contributed by atoms with E-state index < -0.39 is 17.8 Å². The molecular weight excluding hydrogens is 212 g/mol. The molecule has 0 radical (unpaired) electrons. The van der Waals surface area contributed by atoms with Gasteiger partial charge in [0.05, 0.1) is 18.2 Å². The molecule has 0 aliphatic heterocycles. The quantitative estimate of drug-likeness (QED) is 0.643. The van der Waals surface area contributed by atoms with E-state index in [0.717, 1.165) is 6.42 Å². The van der Waals surface area contributed by atoms with Gasteiger partial charge in [0, 0.05) is 11.3 Å². The van der Waals surface area contributed by atoms with Crippen LogP contribution >= 0.6 is 0 Å². The highest BCUT2D eigenvalue weighted by Crippen LogP contribution is 2.29. The van der Waals surface area contributed by atoms with Crippen LogP contribution < -0.4 is 5.69 Å². The van der Waals surface area contributed by atoms with Crippen LogP contribution in [0.5, 0.6) is 0 Å². The van der Waals surface area contributed by atoms with Gasteiger partial charge in [-0.15, -0.1) is 0 Å². The fourth-order valence-corrected chi connectivity index (χ4v) is 2.07. The lowest BCUT2D eigenvalue weighted by molar-refractivity contribution is -0.136. The molecule has 1 aliphatic carbocycles. The number of carbonyl (C=O) groups is 1. The molecule has 6 nitrogen and oxygen atoms in total. The van der Waals surface area contributed by atoms with Crippen molar-refractivity contribution >= 4 is 5.97 Å². The molecule has 1 atom stereocenters. The Kier molecular flexibility index (Phi) is 2.74. The zero-order valence-corrected chi connectivity index (χ0v) is 8.56. The van der Waals surface area contributed by atoms with Crippen LogP contribution in [0.15, 0.2) is 4.79 Å². The second-order valence-corrected chi connectivity index (χ2v) is 3.86. The average molecular weight is 224 g/mol. The summed E-state index contributed by atoms with van der Waals surface area (Å²) in [5.41, 5.74) is 0.741. The molecule has 1 aromatic heterocycles. The summed E-state index contributed by atoms with van der Waals surface area (Å²) >= 11 is 0. The lowest BCUT2D eigenvalue weighted by atomic mass is 9.91. The molecule has 3 N–H and O–H groups in total. The number of nitrogens with zero attached hydrogens (tertiary/aromatic N) is 1. The molecule has 86 valence electrons. The summed E-state index contributed by atoms with van der Waals surface area (Å²) in [6.07, 6.45) is 0.955. The Balaban J connectivity index is 2.54. The van der Waals surface area contributed by atoms with Crippen molar-refractivity contribution in [1.82, 2.24) is 9.97 Å². The van der Waals surface area contributed by atoms with E-state index in [1.165, 1.54) is 0 Å².